The summed E-state index contributed by atoms with van der Waals surface area (Å²) in [7, 11) is 0. The van der Waals surface area contributed by atoms with Crippen LogP contribution in [0.3, 0.4) is 0 Å². The summed E-state index contributed by atoms with van der Waals surface area (Å²) in [4.78, 5) is 32.5. The summed E-state index contributed by atoms with van der Waals surface area (Å²) < 4.78 is 0. The Balaban J connectivity index is 1.42. The number of hydrogen-bond acceptors (Lipinski definition) is 4. The van der Waals surface area contributed by atoms with Crippen molar-refractivity contribution in [1.29, 1.82) is 0 Å². The number of carbonyl (C=O) groups is 2. The maximum absolute atomic E-state index is 13.0. The molecule has 0 atom stereocenters. The van der Waals surface area contributed by atoms with Crippen LogP contribution in [0.25, 0.3) is 21.7 Å². The molecule has 170 valence electrons. The second-order valence-corrected chi connectivity index (χ2v) is 9.58. The third-order valence-corrected chi connectivity index (χ3v) is 7.02. The molecule has 6 heteroatoms. The molecule has 2 heterocycles. The van der Waals surface area contributed by atoms with Crippen LogP contribution in [0.1, 0.15) is 34.3 Å². The zero-order valence-electron chi connectivity index (χ0n) is 19.2. The standard InChI is InChI=1S/C28H25N3O2S/c1-18-5-9-20(10-6-18)25-26(21-11-7-19(2)8-12-21)34-28(29-25)30-27(33)22-13-15-23(16-14-22)31-17-3-4-24(31)32/h5-16H,3-4,17H2,1-2H3,(H,29,30,33). The van der Waals surface area contributed by atoms with Crippen LogP contribution in [0.2, 0.25) is 0 Å². The molecule has 5 nitrogen and oxygen atoms in total. The fourth-order valence-electron chi connectivity index (χ4n) is 4.06. The predicted octanol–water partition coefficient (Wildman–Crippen LogP) is 6.47. The average Bonchev–Trinajstić information content (AvgIpc) is 3.46. The molecule has 1 aliphatic heterocycles. The maximum Gasteiger partial charge on any atom is 0.257 e. The Morgan fingerprint density at radius 3 is 2.09 bits per heavy atom. The van der Waals surface area contributed by atoms with Gasteiger partial charge in [-0.05, 0) is 50.1 Å². The number of aromatic nitrogens is 1. The van der Waals surface area contributed by atoms with E-state index in [1.54, 1.807) is 17.0 Å². The first-order valence-corrected chi connectivity index (χ1v) is 12.2. The van der Waals surface area contributed by atoms with Crippen LogP contribution in [0.4, 0.5) is 10.8 Å². The molecule has 0 saturated carbocycles. The lowest BCUT2D eigenvalue weighted by Crippen LogP contribution is -2.23. The Kier molecular flexibility index (Phi) is 5.99. The molecule has 0 bridgehead atoms. The molecule has 0 spiro atoms. The largest absolute Gasteiger partial charge is 0.312 e. The lowest BCUT2D eigenvalue weighted by atomic mass is 10.0. The third kappa shape index (κ3) is 4.50. The van der Waals surface area contributed by atoms with E-state index in [2.05, 4.69) is 67.7 Å². The van der Waals surface area contributed by atoms with E-state index in [0.717, 1.165) is 40.4 Å². The van der Waals surface area contributed by atoms with E-state index < -0.39 is 0 Å². The van der Waals surface area contributed by atoms with Crippen LogP contribution < -0.4 is 10.2 Å². The number of benzene rings is 3. The smallest absolute Gasteiger partial charge is 0.257 e. The minimum atomic E-state index is -0.223. The van der Waals surface area contributed by atoms with Crippen molar-refractivity contribution in [1.82, 2.24) is 4.98 Å². The molecule has 34 heavy (non-hydrogen) atoms. The quantitative estimate of drug-likeness (QED) is 0.366. The first kappa shape index (κ1) is 22.0. The van der Waals surface area contributed by atoms with Gasteiger partial charge in [0.2, 0.25) is 5.91 Å². The number of anilines is 2. The molecule has 1 N–H and O–H groups in total. The number of carbonyl (C=O) groups excluding carboxylic acids is 2. The van der Waals surface area contributed by atoms with Crippen molar-refractivity contribution in [3.8, 4) is 21.7 Å². The lowest BCUT2D eigenvalue weighted by Gasteiger charge is -2.15. The molecule has 1 aliphatic rings. The highest BCUT2D eigenvalue weighted by Gasteiger charge is 2.22. The first-order valence-electron chi connectivity index (χ1n) is 11.3. The fourth-order valence-corrected chi connectivity index (χ4v) is 5.05. The van der Waals surface area contributed by atoms with Gasteiger partial charge in [-0.2, -0.15) is 0 Å². The fraction of sp³-hybridized carbons (Fsp3) is 0.179. The zero-order chi connectivity index (χ0) is 23.7. The van der Waals surface area contributed by atoms with E-state index in [4.69, 9.17) is 4.98 Å². The van der Waals surface area contributed by atoms with Crippen molar-refractivity contribution in [2.75, 3.05) is 16.8 Å². The van der Waals surface area contributed by atoms with Gasteiger partial charge in [0.25, 0.3) is 5.91 Å². The Morgan fingerprint density at radius 1 is 0.882 bits per heavy atom. The van der Waals surface area contributed by atoms with E-state index in [1.165, 1.54) is 22.5 Å². The number of nitrogens with one attached hydrogen (secondary N) is 1. The monoisotopic (exact) mass is 467 g/mol. The number of aryl methyl sites for hydroxylation is 2. The van der Waals surface area contributed by atoms with Crippen LogP contribution >= 0.6 is 11.3 Å². The molecule has 3 aromatic carbocycles. The zero-order valence-corrected chi connectivity index (χ0v) is 20.0. The number of nitrogens with zero attached hydrogens (tertiary/aromatic N) is 2. The van der Waals surface area contributed by atoms with Gasteiger partial charge in [0.05, 0.1) is 10.6 Å². The molecule has 0 radical (unpaired) electrons. The minimum Gasteiger partial charge on any atom is -0.312 e. The van der Waals surface area contributed by atoms with Gasteiger partial charge in [-0.25, -0.2) is 4.98 Å². The summed E-state index contributed by atoms with van der Waals surface area (Å²) in [6.45, 7) is 4.85. The molecule has 1 aromatic heterocycles. The average molecular weight is 468 g/mol. The Morgan fingerprint density at radius 2 is 1.50 bits per heavy atom. The maximum atomic E-state index is 13.0. The molecular weight excluding hydrogens is 442 g/mol. The summed E-state index contributed by atoms with van der Waals surface area (Å²) in [6, 6.07) is 23.8. The number of rotatable bonds is 5. The van der Waals surface area contributed by atoms with Crippen LogP contribution in [0.5, 0.6) is 0 Å². The summed E-state index contributed by atoms with van der Waals surface area (Å²) in [5.74, 6) is -0.0915. The lowest BCUT2D eigenvalue weighted by molar-refractivity contribution is -0.117. The minimum absolute atomic E-state index is 0.132. The van der Waals surface area contributed by atoms with E-state index >= 15 is 0 Å². The highest BCUT2D eigenvalue weighted by atomic mass is 32.1. The molecular formula is C28H25N3O2S. The number of thiazole rings is 1. The normalized spacial score (nSPS) is 13.4. The summed E-state index contributed by atoms with van der Waals surface area (Å²) >= 11 is 1.47. The number of hydrogen-bond donors (Lipinski definition) is 1. The molecule has 0 aliphatic carbocycles. The second kappa shape index (κ2) is 9.23. The summed E-state index contributed by atoms with van der Waals surface area (Å²) in [6.07, 6.45) is 1.46. The Bertz CT molecular complexity index is 1280. The van der Waals surface area contributed by atoms with Crippen molar-refractivity contribution in [2.24, 2.45) is 0 Å². The van der Waals surface area contributed by atoms with Crippen LogP contribution in [-0.2, 0) is 4.79 Å². The van der Waals surface area contributed by atoms with Crippen molar-refractivity contribution in [3.05, 3.63) is 89.5 Å². The molecule has 4 aromatic rings. The van der Waals surface area contributed by atoms with Gasteiger partial charge in [0, 0.05) is 29.8 Å². The van der Waals surface area contributed by atoms with Gasteiger partial charge in [0.1, 0.15) is 0 Å². The molecule has 1 saturated heterocycles. The molecule has 5 rings (SSSR count). The third-order valence-electron chi connectivity index (χ3n) is 6.00. The Hall–Kier alpha value is -3.77. The van der Waals surface area contributed by atoms with Crippen molar-refractivity contribution < 1.29 is 9.59 Å². The predicted molar refractivity (Wildman–Crippen MR) is 138 cm³/mol. The van der Waals surface area contributed by atoms with Gasteiger partial charge in [-0.3, -0.25) is 14.9 Å². The number of amides is 2. The molecule has 2 amide bonds. The van der Waals surface area contributed by atoms with Gasteiger partial charge < -0.3 is 4.90 Å². The van der Waals surface area contributed by atoms with Gasteiger partial charge in [-0.15, -0.1) is 0 Å². The molecule has 1 fully saturated rings. The Labute approximate surface area is 203 Å². The summed E-state index contributed by atoms with van der Waals surface area (Å²) in [5, 5.41) is 3.52. The molecule has 0 unspecified atom stereocenters. The van der Waals surface area contributed by atoms with Gasteiger partial charge in [0.15, 0.2) is 5.13 Å². The van der Waals surface area contributed by atoms with Crippen LogP contribution in [-0.4, -0.2) is 23.3 Å². The van der Waals surface area contributed by atoms with E-state index in [1.807, 2.05) is 12.1 Å². The van der Waals surface area contributed by atoms with Gasteiger partial charge in [-0.1, -0.05) is 71.0 Å². The second-order valence-electron chi connectivity index (χ2n) is 8.58. The van der Waals surface area contributed by atoms with E-state index in [0.29, 0.717) is 17.1 Å². The van der Waals surface area contributed by atoms with Crippen LogP contribution in [0, 0.1) is 13.8 Å². The van der Waals surface area contributed by atoms with Crippen LogP contribution in [0.15, 0.2) is 72.8 Å². The van der Waals surface area contributed by atoms with E-state index in [-0.39, 0.29) is 11.8 Å². The topological polar surface area (TPSA) is 62.3 Å². The van der Waals surface area contributed by atoms with Crippen molar-refractivity contribution in [2.45, 2.75) is 26.7 Å². The SMILES string of the molecule is Cc1ccc(-c2nc(NC(=O)c3ccc(N4CCCC4=O)cc3)sc2-c2ccc(C)cc2)cc1. The highest BCUT2D eigenvalue weighted by molar-refractivity contribution is 7.19. The highest BCUT2D eigenvalue weighted by Crippen LogP contribution is 2.39. The van der Waals surface area contributed by atoms with Crippen molar-refractivity contribution in [3.63, 3.8) is 0 Å². The first-order chi connectivity index (χ1) is 16.5. The van der Waals surface area contributed by atoms with E-state index in [9.17, 15) is 9.59 Å². The van der Waals surface area contributed by atoms with Crippen molar-refractivity contribution >= 4 is 34.0 Å². The summed E-state index contributed by atoms with van der Waals surface area (Å²) in [5.41, 5.74) is 6.67. The van der Waals surface area contributed by atoms with Gasteiger partial charge >= 0.3 is 0 Å².